The smallest absolute Gasteiger partial charge is 0.293 e. The van der Waals surface area contributed by atoms with Crippen LogP contribution in [0.4, 0.5) is 5.69 Å². The van der Waals surface area contributed by atoms with Gasteiger partial charge in [-0.05, 0) is 0 Å². The first-order chi connectivity index (χ1) is 7.06. The lowest BCUT2D eigenvalue weighted by Crippen LogP contribution is -2.30. The van der Waals surface area contributed by atoms with Gasteiger partial charge >= 0.3 is 0 Å². The van der Waals surface area contributed by atoms with Gasteiger partial charge in [0.05, 0.1) is 11.2 Å². The minimum atomic E-state index is -0.339. The van der Waals surface area contributed by atoms with Gasteiger partial charge in [-0.2, -0.15) is 5.10 Å². The number of hydrogen-bond donors (Lipinski definition) is 1. The molecule has 1 rings (SSSR count). The van der Waals surface area contributed by atoms with Gasteiger partial charge in [0, 0.05) is 14.1 Å². The third kappa shape index (κ3) is 2.72. The van der Waals surface area contributed by atoms with E-state index in [0.29, 0.717) is 0 Å². The van der Waals surface area contributed by atoms with Crippen LogP contribution in [0.25, 0.3) is 0 Å². The number of halogens is 1. The molecule has 0 aliphatic carbocycles. The molecule has 0 aliphatic heterocycles. The summed E-state index contributed by atoms with van der Waals surface area (Å²) in [6.45, 7) is 0.123. The molecular weight excluding hydrogens is 216 g/mol. The van der Waals surface area contributed by atoms with Crippen molar-refractivity contribution in [2.45, 2.75) is 6.54 Å². The van der Waals surface area contributed by atoms with Crippen LogP contribution in [0, 0.1) is 12.3 Å². The molecule has 0 spiro atoms. The second kappa shape index (κ2) is 4.82. The zero-order valence-electron chi connectivity index (χ0n) is 8.49. The van der Waals surface area contributed by atoms with E-state index in [0.717, 1.165) is 4.68 Å². The van der Waals surface area contributed by atoms with E-state index < -0.39 is 0 Å². The third-order valence-electron chi connectivity index (χ3n) is 1.57. The number of aromatic nitrogens is 2. The maximum Gasteiger partial charge on any atom is 0.293 e. The molecule has 0 aliphatic rings. The quantitative estimate of drug-likeness (QED) is 0.600. The summed E-state index contributed by atoms with van der Waals surface area (Å²) in [5.74, 6) is 2.34. The van der Waals surface area contributed by atoms with Crippen molar-refractivity contribution in [2.24, 2.45) is 0 Å². The van der Waals surface area contributed by atoms with E-state index in [2.05, 4.69) is 16.4 Å². The Bertz CT molecular complexity index is 446. The Morgan fingerprint density at radius 2 is 2.40 bits per heavy atom. The summed E-state index contributed by atoms with van der Waals surface area (Å²) < 4.78 is 1.16. The average molecular weight is 227 g/mol. The topological polar surface area (TPSA) is 50.2 Å². The lowest BCUT2D eigenvalue weighted by molar-refractivity contribution is 0.491. The fourth-order valence-electron chi connectivity index (χ4n) is 0.993. The number of nitrogens with zero attached hydrogens (tertiary/aromatic N) is 3. The normalized spacial score (nSPS) is 10.1. The highest BCUT2D eigenvalue weighted by atomic mass is 35.5. The number of rotatable bonds is 3. The molecule has 1 heterocycles. The molecule has 0 fully saturated rings. The number of anilines is 1. The first kappa shape index (κ1) is 11.6. The second-order valence-corrected chi connectivity index (χ2v) is 3.45. The summed E-state index contributed by atoms with van der Waals surface area (Å²) in [4.78, 5) is 11.7. The zero-order chi connectivity index (χ0) is 11.4. The molecule has 0 atom stereocenters. The molecule has 1 aromatic rings. The summed E-state index contributed by atoms with van der Waals surface area (Å²) >= 11 is 5.83. The van der Waals surface area contributed by atoms with Crippen LogP contribution in [0.15, 0.2) is 11.0 Å². The van der Waals surface area contributed by atoms with Crippen molar-refractivity contribution in [2.75, 3.05) is 19.5 Å². The predicted octanol–water partition coefficient (Wildman–Crippen LogP) is 0.418. The highest BCUT2D eigenvalue weighted by Gasteiger charge is 2.09. The van der Waals surface area contributed by atoms with Crippen LogP contribution in [0.5, 0.6) is 0 Å². The Morgan fingerprint density at radius 3 is 2.93 bits per heavy atom. The molecule has 0 radical (unpaired) electrons. The summed E-state index contributed by atoms with van der Waals surface area (Å²) in [7, 11) is 3.50. The van der Waals surface area contributed by atoms with Crippen LogP contribution in [0.3, 0.4) is 0 Å². The lowest BCUT2D eigenvalue weighted by atomic mass is 10.4. The van der Waals surface area contributed by atoms with Gasteiger partial charge in [0.15, 0.2) is 0 Å². The predicted molar refractivity (Wildman–Crippen MR) is 59.6 cm³/mol. The van der Waals surface area contributed by atoms with E-state index >= 15 is 0 Å². The average Bonchev–Trinajstić information content (AvgIpc) is 2.17. The number of hydrogen-bond acceptors (Lipinski definition) is 4. The fraction of sp³-hybridized carbons (Fsp3) is 0.333. The van der Waals surface area contributed by atoms with Crippen molar-refractivity contribution in [3.63, 3.8) is 0 Å². The van der Waals surface area contributed by atoms with Gasteiger partial charge in [0.2, 0.25) is 0 Å². The Balaban J connectivity index is 3.19. The van der Waals surface area contributed by atoms with Crippen molar-refractivity contribution in [3.8, 4) is 12.3 Å². The summed E-state index contributed by atoms with van der Waals surface area (Å²) in [5.41, 5.74) is 2.73. The van der Waals surface area contributed by atoms with Crippen LogP contribution in [-0.2, 0) is 6.54 Å². The SMILES string of the molecule is C#CCn1ncc(Cl)c(NN(C)C)c1=O. The van der Waals surface area contributed by atoms with E-state index in [4.69, 9.17) is 18.0 Å². The monoisotopic (exact) mass is 226 g/mol. The molecule has 80 valence electrons. The van der Waals surface area contributed by atoms with Gasteiger partial charge in [-0.15, -0.1) is 6.42 Å². The van der Waals surface area contributed by atoms with Crippen molar-refractivity contribution in [1.82, 2.24) is 14.8 Å². The Kier molecular flexibility index (Phi) is 3.72. The van der Waals surface area contributed by atoms with E-state index in [-0.39, 0.29) is 22.8 Å². The highest BCUT2D eigenvalue weighted by molar-refractivity contribution is 6.32. The van der Waals surface area contributed by atoms with Crippen LogP contribution in [0.1, 0.15) is 0 Å². The van der Waals surface area contributed by atoms with Crippen LogP contribution >= 0.6 is 11.6 Å². The van der Waals surface area contributed by atoms with E-state index in [1.165, 1.54) is 6.20 Å². The second-order valence-electron chi connectivity index (χ2n) is 3.04. The van der Waals surface area contributed by atoms with E-state index in [1.54, 1.807) is 19.1 Å². The third-order valence-corrected chi connectivity index (χ3v) is 1.86. The van der Waals surface area contributed by atoms with Crippen molar-refractivity contribution in [1.29, 1.82) is 0 Å². The van der Waals surface area contributed by atoms with Crippen molar-refractivity contribution >= 4 is 17.3 Å². The number of nitrogens with one attached hydrogen (secondary N) is 1. The minimum absolute atomic E-state index is 0.123. The standard InChI is InChI=1S/C9H11ClN4O/c1-4-5-14-9(15)8(12-13(2)3)7(10)6-11-14/h1,6,12H,5H2,2-3H3. The first-order valence-corrected chi connectivity index (χ1v) is 4.57. The van der Waals surface area contributed by atoms with Gasteiger partial charge in [-0.1, -0.05) is 17.5 Å². The molecule has 6 heteroatoms. The van der Waals surface area contributed by atoms with E-state index in [1.807, 2.05) is 0 Å². The van der Waals surface area contributed by atoms with Gasteiger partial charge < -0.3 is 5.43 Å². The maximum absolute atomic E-state index is 11.7. The minimum Gasteiger partial charge on any atom is -0.313 e. The van der Waals surface area contributed by atoms with Crippen LogP contribution in [0.2, 0.25) is 5.02 Å². The molecule has 5 nitrogen and oxygen atoms in total. The largest absolute Gasteiger partial charge is 0.313 e. The molecule has 1 N–H and O–H groups in total. The molecule has 0 bridgehead atoms. The first-order valence-electron chi connectivity index (χ1n) is 4.19. The van der Waals surface area contributed by atoms with Gasteiger partial charge in [0.25, 0.3) is 5.56 Å². The zero-order valence-corrected chi connectivity index (χ0v) is 9.25. The van der Waals surface area contributed by atoms with E-state index in [9.17, 15) is 4.79 Å². The highest BCUT2D eigenvalue weighted by Crippen LogP contribution is 2.14. The Labute approximate surface area is 92.6 Å². The van der Waals surface area contributed by atoms with Crippen molar-refractivity contribution in [3.05, 3.63) is 21.6 Å². The Morgan fingerprint density at radius 1 is 1.73 bits per heavy atom. The van der Waals surface area contributed by atoms with Gasteiger partial charge in [-0.3, -0.25) is 4.79 Å². The summed E-state index contributed by atoms with van der Waals surface area (Å²) in [6.07, 6.45) is 6.49. The Hall–Kier alpha value is -1.51. The molecule has 0 saturated heterocycles. The molecular formula is C9H11ClN4O. The number of terminal acetylenes is 1. The van der Waals surface area contributed by atoms with Crippen LogP contribution in [-0.4, -0.2) is 28.9 Å². The van der Waals surface area contributed by atoms with Gasteiger partial charge in [0.1, 0.15) is 12.2 Å². The fourth-order valence-corrected chi connectivity index (χ4v) is 1.16. The van der Waals surface area contributed by atoms with Gasteiger partial charge in [-0.25, -0.2) is 9.69 Å². The molecule has 0 unspecified atom stereocenters. The molecule has 15 heavy (non-hydrogen) atoms. The molecule has 1 aromatic heterocycles. The molecule has 0 saturated carbocycles. The van der Waals surface area contributed by atoms with Crippen LogP contribution < -0.4 is 11.0 Å². The lowest BCUT2D eigenvalue weighted by Gasteiger charge is -2.14. The summed E-state index contributed by atoms with van der Waals surface area (Å²) in [5, 5.41) is 5.69. The van der Waals surface area contributed by atoms with Crippen molar-refractivity contribution < 1.29 is 0 Å². The number of hydrazine groups is 1. The molecule has 0 aromatic carbocycles. The summed E-state index contributed by atoms with van der Waals surface area (Å²) in [6, 6.07) is 0. The maximum atomic E-state index is 11.7. The molecule has 0 amide bonds.